The van der Waals surface area contributed by atoms with Crippen molar-refractivity contribution >= 4 is 22.0 Å². The second-order valence-corrected chi connectivity index (χ2v) is 19.0. The third-order valence-electron chi connectivity index (χ3n) is 2.34. The van der Waals surface area contributed by atoms with Crippen LogP contribution in [-0.4, -0.2) is 31.6 Å². The van der Waals surface area contributed by atoms with E-state index in [1.807, 2.05) is 19.9 Å². The summed E-state index contributed by atoms with van der Waals surface area (Å²) in [6.45, 7) is 5.47. The number of hydrogen-bond donors (Lipinski definition) is 0. The van der Waals surface area contributed by atoms with Crippen molar-refractivity contribution in [1.82, 2.24) is 0 Å². The molecule has 0 saturated heterocycles. The van der Waals surface area contributed by atoms with Gasteiger partial charge < -0.3 is 0 Å². The van der Waals surface area contributed by atoms with E-state index in [2.05, 4.69) is 27.0 Å². The summed E-state index contributed by atoms with van der Waals surface area (Å²) < 4.78 is 12.8. The molecule has 0 heterocycles. The fourth-order valence-corrected chi connectivity index (χ4v) is 6.91. The van der Waals surface area contributed by atoms with Gasteiger partial charge in [-0.3, -0.25) is 0 Å². The molecule has 0 fully saturated rings. The maximum atomic E-state index is 5.72. The van der Waals surface area contributed by atoms with Gasteiger partial charge in [0.05, 0.1) is 0 Å². The van der Waals surface area contributed by atoms with Crippen LogP contribution in [0.3, 0.4) is 0 Å². The van der Waals surface area contributed by atoms with Crippen molar-refractivity contribution < 1.29 is 9.47 Å². The summed E-state index contributed by atoms with van der Waals surface area (Å²) in [6, 6.07) is 6.13. The molecule has 0 aliphatic heterocycles. The molecular weight excluding hydrogens is 307 g/mol. The Labute approximate surface area is 103 Å². The van der Waals surface area contributed by atoms with Gasteiger partial charge in [0.2, 0.25) is 0 Å². The second kappa shape index (κ2) is 5.80. The summed E-state index contributed by atoms with van der Waals surface area (Å²) in [7, 11) is 0. The van der Waals surface area contributed by atoms with Crippen LogP contribution in [0.15, 0.2) is 18.2 Å². The Morgan fingerprint density at radius 1 is 0.938 bits per heavy atom. The van der Waals surface area contributed by atoms with Crippen molar-refractivity contribution in [1.29, 1.82) is 0 Å². The molecule has 3 heteroatoms. The molecule has 0 aliphatic rings. The average Bonchev–Trinajstić information content (AvgIpc) is 2.17. The fourth-order valence-electron chi connectivity index (χ4n) is 1.80. The molecule has 0 spiro atoms. The van der Waals surface area contributed by atoms with Gasteiger partial charge in [0.25, 0.3) is 0 Å². The Hall–Kier alpha value is -0.381. The molecule has 1 aromatic rings. The van der Waals surface area contributed by atoms with Gasteiger partial charge in [-0.2, -0.15) is 0 Å². The first-order chi connectivity index (χ1) is 7.50. The Morgan fingerprint density at radius 3 is 1.69 bits per heavy atom. The minimum absolute atomic E-state index is 0.713. The van der Waals surface area contributed by atoms with Crippen LogP contribution in [0.1, 0.15) is 13.8 Å². The summed E-state index contributed by atoms with van der Waals surface area (Å²) in [5, 5.41) is 0. The van der Waals surface area contributed by atoms with Crippen molar-refractivity contribution in [3.8, 4) is 11.5 Å². The first-order valence-corrected chi connectivity index (χ1v) is 15.9. The third kappa shape index (κ3) is 3.30. The minimum atomic E-state index is -2.20. The number of ether oxygens (including phenoxy) is 2. The van der Waals surface area contributed by atoms with Crippen LogP contribution in [0, 0.1) is 0 Å². The molecule has 1 rings (SSSR count). The molecule has 0 bridgehead atoms. The van der Waals surface area contributed by atoms with Gasteiger partial charge in [-0.25, -0.2) is 0 Å². The zero-order chi connectivity index (χ0) is 12.2. The first-order valence-electron chi connectivity index (χ1n) is 5.89. The van der Waals surface area contributed by atoms with Crippen LogP contribution in [-0.2, 0) is 0 Å². The summed E-state index contributed by atoms with van der Waals surface area (Å²) in [6.07, 6.45) is 0. The van der Waals surface area contributed by atoms with E-state index in [-0.39, 0.29) is 0 Å². The molecule has 0 aromatic heterocycles. The van der Waals surface area contributed by atoms with Crippen molar-refractivity contribution in [2.24, 2.45) is 0 Å². The molecule has 0 unspecified atom stereocenters. The van der Waals surface area contributed by atoms with Crippen molar-refractivity contribution in [2.75, 3.05) is 13.2 Å². The van der Waals surface area contributed by atoms with E-state index in [0.717, 1.165) is 11.5 Å². The average molecular weight is 329 g/mol. The molecule has 0 radical (unpaired) electrons. The van der Waals surface area contributed by atoms with E-state index in [9.17, 15) is 0 Å². The van der Waals surface area contributed by atoms with Gasteiger partial charge in [0.15, 0.2) is 0 Å². The molecule has 0 saturated carbocycles. The molecule has 16 heavy (non-hydrogen) atoms. The van der Waals surface area contributed by atoms with E-state index in [4.69, 9.17) is 9.47 Å². The summed E-state index contributed by atoms with van der Waals surface area (Å²) in [4.78, 5) is 7.15. The monoisotopic (exact) mass is 330 g/mol. The molecule has 1 aromatic carbocycles. The predicted octanol–water partition coefficient (Wildman–Crippen LogP) is 3.03. The van der Waals surface area contributed by atoms with E-state index in [0.29, 0.717) is 13.2 Å². The zero-order valence-electron chi connectivity index (χ0n) is 11.0. The second-order valence-electron chi connectivity index (χ2n) is 4.75. The van der Waals surface area contributed by atoms with Crippen LogP contribution < -0.4 is 13.1 Å². The van der Waals surface area contributed by atoms with E-state index in [1.165, 1.54) is 3.58 Å². The molecule has 0 amide bonds. The van der Waals surface area contributed by atoms with Crippen molar-refractivity contribution in [3.05, 3.63) is 18.2 Å². The Bertz CT molecular complexity index is 318. The van der Waals surface area contributed by atoms with E-state index < -0.39 is 18.4 Å². The fraction of sp³-hybridized carbons (Fsp3) is 0.538. The van der Waals surface area contributed by atoms with Gasteiger partial charge in [0.1, 0.15) is 0 Å². The van der Waals surface area contributed by atoms with Gasteiger partial charge in [-0.1, -0.05) is 0 Å². The van der Waals surface area contributed by atoms with Crippen molar-refractivity contribution in [3.63, 3.8) is 0 Å². The Balaban J connectivity index is 3.23. The molecular formula is C13H22O2Sn. The van der Waals surface area contributed by atoms with Crippen LogP contribution >= 0.6 is 0 Å². The van der Waals surface area contributed by atoms with Gasteiger partial charge in [-0.15, -0.1) is 0 Å². The van der Waals surface area contributed by atoms with Crippen molar-refractivity contribution in [2.45, 2.75) is 28.7 Å². The Morgan fingerprint density at radius 2 is 1.38 bits per heavy atom. The topological polar surface area (TPSA) is 18.5 Å². The van der Waals surface area contributed by atoms with Gasteiger partial charge in [-0.05, 0) is 0 Å². The molecule has 0 aliphatic carbocycles. The zero-order valence-corrected chi connectivity index (χ0v) is 13.8. The van der Waals surface area contributed by atoms with E-state index >= 15 is 0 Å². The summed E-state index contributed by atoms with van der Waals surface area (Å²) in [5.41, 5.74) is 0. The number of hydrogen-bond acceptors (Lipinski definition) is 2. The standard InChI is InChI=1S/C10H13O2.3CH3.Sn/c1-3-11-9-6-5-7-10(8-9)12-4-2;;;;/h5-7H,3-4H2,1-2H3;3*1H3;. The van der Waals surface area contributed by atoms with Crippen LogP contribution in [0.25, 0.3) is 0 Å². The predicted molar refractivity (Wildman–Crippen MR) is 71.8 cm³/mol. The first kappa shape index (κ1) is 13.7. The van der Waals surface area contributed by atoms with Crippen LogP contribution in [0.5, 0.6) is 11.5 Å². The van der Waals surface area contributed by atoms with Crippen LogP contribution in [0.2, 0.25) is 14.8 Å². The van der Waals surface area contributed by atoms with Crippen LogP contribution in [0.4, 0.5) is 0 Å². The molecule has 0 N–H and O–H groups in total. The molecule has 90 valence electrons. The maximum absolute atomic E-state index is 5.72. The summed E-state index contributed by atoms with van der Waals surface area (Å²) >= 11 is -2.20. The molecule has 0 atom stereocenters. The van der Waals surface area contributed by atoms with Gasteiger partial charge in [0, 0.05) is 0 Å². The SMILES string of the molecule is CCOc1cccc(OCC)[c]1[Sn]([CH3])([CH3])[CH3]. The number of benzene rings is 1. The molecule has 2 nitrogen and oxygen atoms in total. The quantitative estimate of drug-likeness (QED) is 0.773. The normalized spacial score (nSPS) is 11.3. The summed E-state index contributed by atoms with van der Waals surface area (Å²) in [5.74, 6) is 2.05. The Kier molecular flexibility index (Phi) is 4.96. The van der Waals surface area contributed by atoms with Gasteiger partial charge >= 0.3 is 103 Å². The number of rotatable bonds is 5. The van der Waals surface area contributed by atoms with E-state index in [1.54, 1.807) is 0 Å². The third-order valence-corrected chi connectivity index (χ3v) is 8.03.